The van der Waals surface area contributed by atoms with Gasteiger partial charge in [0.15, 0.2) is 11.5 Å². The van der Waals surface area contributed by atoms with Gasteiger partial charge in [0.2, 0.25) is 0 Å². The topological polar surface area (TPSA) is 59.8 Å². The lowest BCUT2D eigenvalue weighted by Gasteiger charge is -2.07. The van der Waals surface area contributed by atoms with Gasteiger partial charge in [0.05, 0.1) is 15.1 Å². The molecule has 2 heterocycles. The number of carbonyl (C=O) groups excluding carboxylic acids is 1. The minimum absolute atomic E-state index is 0.00252. The minimum atomic E-state index is -0.579. The van der Waals surface area contributed by atoms with E-state index >= 15 is 0 Å². The van der Waals surface area contributed by atoms with Crippen LogP contribution in [-0.4, -0.2) is 20.7 Å². The van der Waals surface area contributed by atoms with Gasteiger partial charge in [0.25, 0.3) is 5.91 Å². The highest BCUT2D eigenvalue weighted by atomic mass is 35.5. The highest BCUT2D eigenvalue weighted by molar-refractivity contribution is 6.52. The summed E-state index contributed by atoms with van der Waals surface area (Å²) in [5, 5.41) is 6.33. The summed E-state index contributed by atoms with van der Waals surface area (Å²) in [6.07, 6.45) is 1.67. The summed E-state index contributed by atoms with van der Waals surface area (Å²) >= 11 is 23.3. The van der Waals surface area contributed by atoms with Crippen LogP contribution in [0.4, 0.5) is 5.82 Å². The van der Waals surface area contributed by atoms with Crippen molar-refractivity contribution in [3.63, 3.8) is 0 Å². The summed E-state index contributed by atoms with van der Waals surface area (Å²) in [5.74, 6) is -0.225. The maximum atomic E-state index is 12.0. The van der Waals surface area contributed by atoms with E-state index < -0.39 is 5.91 Å². The van der Waals surface area contributed by atoms with Crippen LogP contribution in [0.2, 0.25) is 20.2 Å². The zero-order valence-corrected chi connectivity index (χ0v) is 12.4. The second-order valence-electron chi connectivity index (χ2n) is 3.52. The molecule has 0 bridgehead atoms. The molecular weight excluding hydrogens is 334 g/mol. The number of aryl methyl sites for hydroxylation is 1. The Kier molecular flexibility index (Phi) is 4.20. The first-order valence-electron chi connectivity index (χ1n) is 4.91. The first kappa shape index (κ1) is 14.4. The van der Waals surface area contributed by atoms with Gasteiger partial charge in [-0.1, -0.05) is 46.4 Å². The van der Waals surface area contributed by atoms with Crippen LogP contribution in [0, 0.1) is 0 Å². The van der Waals surface area contributed by atoms with Gasteiger partial charge in [0, 0.05) is 19.3 Å². The molecule has 2 rings (SSSR count). The Hall–Kier alpha value is -1.01. The summed E-state index contributed by atoms with van der Waals surface area (Å²) in [5.41, 5.74) is -0.119. The fourth-order valence-electron chi connectivity index (χ4n) is 1.29. The van der Waals surface area contributed by atoms with Crippen LogP contribution < -0.4 is 5.32 Å². The highest BCUT2D eigenvalue weighted by Gasteiger charge is 2.20. The van der Waals surface area contributed by atoms with Crippen molar-refractivity contribution in [2.45, 2.75) is 0 Å². The fraction of sp³-hybridized carbons (Fsp3) is 0.100. The molecule has 0 atom stereocenters. The van der Waals surface area contributed by atoms with Crippen LogP contribution in [0.3, 0.4) is 0 Å². The second kappa shape index (κ2) is 5.54. The van der Waals surface area contributed by atoms with Crippen molar-refractivity contribution in [3.05, 3.63) is 38.2 Å². The second-order valence-corrected chi connectivity index (χ2v) is 5.01. The van der Waals surface area contributed by atoms with Gasteiger partial charge in [-0.25, -0.2) is 4.98 Å². The Bertz CT molecular complexity index is 655. The number of rotatable bonds is 2. The van der Waals surface area contributed by atoms with E-state index in [9.17, 15) is 4.79 Å². The number of hydrogen-bond donors (Lipinski definition) is 1. The summed E-state index contributed by atoms with van der Waals surface area (Å²) in [6.45, 7) is 0. The van der Waals surface area contributed by atoms with E-state index in [4.69, 9.17) is 46.4 Å². The lowest BCUT2D eigenvalue weighted by Crippen LogP contribution is -2.15. The van der Waals surface area contributed by atoms with Crippen LogP contribution >= 0.6 is 46.4 Å². The molecule has 0 aliphatic rings. The number of aromatic nitrogens is 3. The molecule has 2 aromatic rings. The van der Waals surface area contributed by atoms with Crippen molar-refractivity contribution in [2.75, 3.05) is 5.32 Å². The lowest BCUT2D eigenvalue weighted by molar-refractivity contribution is 0.102. The monoisotopic (exact) mass is 338 g/mol. The van der Waals surface area contributed by atoms with Crippen LogP contribution in [0.5, 0.6) is 0 Å². The molecule has 5 nitrogen and oxygen atoms in total. The maximum absolute atomic E-state index is 12.0. The number of amides is 1. The molecule has 0 saturated carbocycles. The predicted molar refractivity (Wildman–Crippen MR) is 75.4 cm³/mol. The molecular formula is C10H6Cl4N4O. The fourth-order valence-corrected chi connectivity index (χ4v) is 2.11. The first-order chi connectivity index (χ1) is 8.90. The van der Waals surface area contributed by atoms with Crippen molar-refractivity contribution in [3.8, 4) is 0 Å². The molecule has 0 unspecified atom stereocenters. The standard InChI is InChI=1S/C10H6Cl4N4O/c1-18-3-2-4(17-18)15-10(19)8-6(12)5(11)7(13)9(14)16-8/h2-3H,1H3,(H,15,17,19). The number of nitrogens with zero attached hydrogens (tertiary/aromatic N) is 3. The molecule has 0 aromatic carbocycles. The van der Waals surface area contributed by atoms with E-state index in [1.54, 1.807) is 19.3 Å². The molecule has 2 aromatic heterocycles. The van der Waals surface area contributed by atoms with Crippen LogP contribution in [0.15, 0.2) is 12.3 Å². The van der Waals surface area contributed by atoms with Crippen molar-refractivity contribution < 1.29 is 4.79 Å². The van der Waals surface area contributed by atoms with Crippen molar-refractivity contribution in [1.29, 1.82) is 0 Å². The van der Waals surface area contributed by atoms with E-state index in [0.29, 0.717) is 5.82 Å². The number of hydrogen-bond acceptors (Lipinski definition) is 3. The van der Waals surface area contributed by atoms with Crippen molar-refractivity contribution in [1.82, 2.24) is 14.8 Å². The molecule has 0 saturated heterocycles. The molecule has 9 heteroatoms. The Labute approximate surface area is 128 Å². The average molecular weight is 340 g/mol. The third-order valence-electron chi connectivity index (χ3n) is 2.15. The third kappa shape index (κ3) is 2.95. The van der Waals surface area contributed by atoms with Gasteiger partial charge in [-0.2, -0.15) is 5.10 Å². The number of pyridine rings is 1. The molecule has 100 valence electrons. The van der Waals surface area contributed by atoms with Crippen LogP contribution in [0.25, 0.3) is 0 Å². The van der Waals surface area contributed by atoms with E-state index in [1.807, 2.05) is 0 Å². The predicted octanol–water partition coefficient (Wildman–Crippen LogP) is 3.68. The van der Waals surface area contributed by atoms with Crippen molar-refractivity contribution >= 4 is 58.1 Å². The highest BCUT2D eigenvalue weighted by Crippen LogP contribution is 2.36. The summed E-state index contributed by atoms with van der Waals surface area (Å²) < 4.78 is 1.53. The minimum Gasteiger partial charge on any atom is -0.304 e. The average Bonchev–Trinajstić information content (AvgIpc) is 2.76. The smallest absolute Gasteiger partial charge is 0.277 e. The third-order valence-corrected chi connectivity index (χ3v) is 3.83. The number of carbonyl (C=O) groups is 1. The van der Waals surface area contributed by atoms with E-state index in [2.05, 4.69) is 15.4 Å². The molecule has 0 aliphatic carbocycles. The number of anilines is 1. The molecule has 0 aliphatic heterocycles. The summed E-state index contributed by atoms with van der Waals surface area (Å²) in [6, 6.07) is 1.62. The van der Waals surface area contributed by atoms with Crippen LogP contribution in [0.1, 0.15) is 10.5 Å². The lowest BCUT2D eigenvalue weighted by atomic mass is 10.3. The summed E-state index contributed by atoms with van der Waals surface area (Å²) in [4.78, 5) is 15.8. The SMILES string of the molecule is Cn1ccc(NC(=O)c2nc(Cl)c(Cl)c(Cl)c2Cl)n1. The van der Waals surface area contributed by atoms with Gasteiger partial charge >= 0.3 is 0 Å². The zero-order valence-electron chi connectivity index (χ0n) is 9.42. The van der Waals surface area contributed by atoms with Gasteiger partial charge in [0.1, 0.15) is 5.15 Å². The molecule has 0 spiro atoms. The Balaban J connectivity index is 2.34. The van der Waals surface area contributed by atoms with Crippen molar-refractivity contribution in [2.24, 2.45) is 7.05 Å². The van der Waals surface area contributed by atoms with Gasteiger partial charge in [-0.3, -0.25) is 9.48 Å². The molecule has 0 radical (unpaired) electrons. The molecule has 0 fully saturated rings. The van der Waals surface area contributed by atoms with Gasteiger partial charge in [-0.05, 0) is 0 Å². The zero-order chi connectivity index (χ0) is 14.2. The van der Waals surface area contributed by atoms with Gasteiger partial charge in [-0.15, -0.1) is 0 Å². The normalized spacial score (nSPS) is 10.6. The van der Waals surface area contributed by atoms with Gasteiger partial charge < -0.3 is 5.32 Å². The number of nitrogens with one attached hydrogen (secondary N) is 1. The van der Waals surface area contributed by atoms with Crippen LogP contribution in [-0.2, 0) is 7.05 Å². The largest absolute Gasteiger partial charge is 0.304 e. The number of halogens is 4. The summed E-state index contributed by atoms with van der Waals surface area (Å²) in [7, 11) is 1.72. The Morgan fingerprint density at radius 1 is 1.21 bits per heavy atom. The molecule has 19 heavy (non-hydrogen) atoms. The Morgan fingerprint density at radius 2 is 1.89 bits per heavy atom. The Morgan fingerprint density at radius 3 is 2.47 bits per heavy atom. The van der Waals surface area contributed by atoms with E-state index in [1.165, 1.54) is 4.68 Å². The molecule has 1 amide bonds. The van der Waals surface area contributed by atoms with E-state index in [-0.39, 0.29) is 25.9 Å². The van der Waals surface area contributed by atoms with E-state index in [0.717, 1.165) is 0 Å². The first-order valence-corrected chi connectivity index (χ1v) is 6.42. The maximum Gasteiger partial charge on any atom is 0.277 e. The molecule has 1 N–H and O–H groups in total. The quantitative estimate of drug-likeness (QED) is 0.849.